The minimum absolute atomic E-state index is 0.0903. The number of phenols is 1. The molecule has 0 bridgehead atoms. The summed E-state index contributed by atoms with van der Waals surface area (Å²) in [5.41, 5.74) is 11.8. The van der Waals surface area contributed by atoms with Crippen LogP contribution in [-0.2, 0) is 10.8 Å². The summed E-state index contributed by atoms with van der Waals surface area (Å²) in [6.07, 6.45) is 4.40. The third-order valence-corrected chi connectivity index (χ3v) is 13.0. The van der Waals surface area contributed by atoms with Crippen LogP contribution in [0.4, 0.5) is 5.69 Å². The first-order valence-corrected chi connectivity index (χ1v) is 21.9. The van der Waals surface area contributed by atoms with Crippen LogP contribution < -0.4 is 21.2 Å². The maximum atomic E-state index is 11.5. The molecule has 1 aromatic heterocycles. The molecule has 1 heterocycles. The van der Waals surface area contributed by atoms with E-state index < -0.39 is 0 Å². The Morgan fingerprint density at radius 3 is 2.00 bits per heavy atom. The van der Waals surface area contributed by atoms with Crippen LogP contribution in [0.3, 0.4) is 0 Å². The van der Waals surface area contributed by atoms with Crippen molar-refractivity contribution >= 4 is 22.9 Å². The van der Waals surface area contributed by atoms with Crippen LogP contribution in [0.5, 0.6) is 5.75 Å². The Bertz CT molecular complexity index is 2450. The van der Waals surface area contributed by atoms with Gasteiger partial charge >= 0.3 is 164 Å². The Labute approximate surface area is 337 Å². The van der Waals surface area contributed by atoms with E-state index in [-0.39, 0.29) is 37.8 Å². The summed E-state index contributed by atoms with van der Waals surface area (Å²) in [7, 11) is 0. The molecule has 55 heavy (non-hydrogen) atoms. The van der Waals surface area contributed by atoms with Crippen molar-refractivity contribution in [3.63, 3.8) is 0 Å². The van der Waals surface area contributed by atoms with E-state index in [0.29, 0.717) is 5.56 Å². The van der Waals surface area contributed by atoms with Gasteiger partial charge in [0.2, 0.25) is 0 Å². The number of hydrogen-bond acceptors (Lipinski definition) is 3. The molecule has 0 unspecified atom stereocenters. The Morgan fingerprint density at radius 1 is 0.691 bits per heavy atom. The van der Waals surface area contributed by atoms with Gasteiger partial charge in [0, 0.05) is 28.6 Å². The van der Waals surface area contributed by atoms with Crippen molar-refractivity contribution in [3.05, 3.63) is 154 Å². The molecular weight excluding hydrogens is 785 g/mol. The second-order valence-corrected chi connectivity index (χ2v) is 19.4. The molecule has 0 aliphatic rings. The Hall–Kier alpha value is -5.01. The quantitative estimate of drug-likeness (QED) is 0.0646. The maximum absolute atomic E-state index is 11.5. The van der Waals surface area contributed by atoms with Crippen LogP contribution >= 0.6 is 0 Å². The van der Waals surface area contributed by atoms with E-state index in [4.69, 9.17) is 9.98 Å². The number of aliphatic imine (C=N–C) groups is 1. The molecule has 0 saturated carbocycles. The van der Waals surface area contributed by atoms with E-state index in [1.807, 2.05) is 30.5 Å². The van der Waals surface area contributed by atoms with Crippen LogP contribution in [0.2, 0.25) is 0 Å². The van der Waals surface area contributed by atoms with Gasteiger partial charge in [-0.25, -0.2) is 0 Å². The Balaban J connectivity index is 1.31. The van der Waals surface area contributed by atoms with Crippen molar-refractivity contribution in [2.45, 2.75) is 72.1 Å². The van der Waals surface area contributed by atoms with Gasteiger partial charge in [-0.3, -0.25) is 4.99 Å². The Kier molecular flexibility index (Phi) is 11.1. The predicted molar refractivity (Wildman–Crippen MR) is 229 cm³/mol. The molecule has 5 heteroatoms. The number of imidazole rings is 1. The first-order valence-electron chi connectivity index (χ1n) is 19.3. The van der Waals surface area contributed by atoms with E-state index in [9.17, 15) is 5.11 Å². The van der Waals surface area contributed by atoms with Crippen molar-refractivity contribution in [1.29, 1.82) is 0 Å². The van der Waals surface area contributed by atoms with E-state index in [1.165, 1.54) is 32.0 Å². The van der Waals surface area contributed by atoms with Gasteiger partial charge in [0.1, 0.15) is 5.75 Å². The fourth-order valence-corrected chi connectivity index (χ4v) is 9.54. The second-order valence-electron chi connectivity index (χ2n) is 16.3. The number of phenolic OH excluding ortho intramolecular Hbond substituents is 1. The monoisotopic (exact) mass is 836 g/mol. The van der Waals surface area contributed by atoms with Gasteiger partial charge in [0.15, 0.2) is 0 Å². The molecule has 7 aromatic rings. The number of nitrogens with zero attached hydrogens (tertiary/aromatic N) is 3. The molecule has 0 radical (unpaired) electrons. The third-order valence-electron chi connectivity index (χ3n) is 10.1. The number of benzene rings is 6. The molecule has 6 aromatic carbocycles. The fraction of sp³-hybridized carbons (Fsp3) is 0.240. The van der Waals surface area contributed by atoms with Gasteiger partial charge in [-0.2, -0.15) is 0 Å². The summed E-state index contributed by atoms with van der Waals surface area (Å²) < 4.78 is 5.10. The minimum atomic E-state index is -0.232. The molecule has 0 atom stereocenters. The van der Waals surface area contributed by atoms with Crippen molar-refractivity contribution < 1.29 is 26.3 Å². The number of hydrogen-bond donors (Lipinski definition) is 1. The number of fused-ring (bicyclic) bond motifs is 1. The molecule has 0 aliphatic heterocycles. The van der Waals surface area contributed by atoms with Crippen molar-refractivity contribution in [1.82, 2.24) is 9.55 Å². The van der Waals surface area contributed by atoms with Gasteiger partial charge in [-0.05, 0) is 46.7 Å². The number of unbranched alkanes of at least 4 members (excludes halogenated alkanes) is 1. The zero-order valence-electron chi connectivity index (χ0n) is 33.1. The number of rotatable bonds is 10. The second kappa shape index (κ2) is 16.0. The number of aromatic nitrogens is 2. The summed E-state index contributed by atoms with van der Waals surface area (Å²) in [5.74, 6) is 1.08. The number of para-hydroxylation sites is 3. The first-order chi connectivity index (χ1) is 26.4. The molecular formula is C50H51IN3O-. The average Bonchev–Trinajstić information content (AvgIpc) is 3.57. The zero-order valence-corrected chi connectivity index (χ0v) is 35.2. The summed E-state index contributed by atoms with van der Waals surface area (Å²) in [4.78, 5) is 10.5. The fourth-order valence-electron chi connectivity index (χ4n) is 6.91. The molecule has 0 aliphatic carbocycles. The molecule has 1 N–H and O–H groups in total. The van der Waals surface area contributed by atoms with Crippen molar-refractivity contribution in [2.24, 2.45) is 4.99 Å². The molecule has 0 amide bonds. The van der Waals surface area contributed by atoms with E-state index in [1.54, 1.807) is 0 Å². The average molecular weight is 837 g/mol. The summed E-state index contributed by atoms with van der Waals surface area (Å²) in [5, 5.41) is 11.5. The van der Waals surface area contributed by atoms with Crippen LogP contribution in [-0.4, -0.2) is 25.3 Å². The van der Waals surface area contributed by atoms with Gasteiger partial charge in [-0.15, -0.1) is 0 Å². The SMILES string of the molecule is CCCC[I-]c1ccc(-c2ccc(-c3cccc4c3nc(-c3ccccc3N=Cc3cc(C(C)(C)C)cc(C(C)(C)C)c3O)n4-c3ccccc3)cc2)cc1. The van der Waals surface area contributed by atoms with Crippen molar-refractivity contribution in [2.75, 3.05) is 4.43 Å². The molecule has 0 spiro atoms. The first kappa shape index (κ1) is 38.3. The summed E-state index contributed by atoms with van der Waals surface area (Å²) in [6.45, 7) is 15.3. The van der Waals surface area contributed by atoms with Gasteiger partial charge in [0.25, 0.3) is 0 Å². The van der Waals surface area contributed by atoms with Crippen molar-refractivity contribution in [3.8, 4) is 45.1 Å². The summed E-state index contributed by atoms with van der Waals surface area (Å²) >= 11 is 0.0942. The molecule has 0 saturated heterocycles. The van der Waals surface area contributed by atoms with Crippen LogP contribution in [0, 0.1) is 3.57 Å². The standard InChI is InChI=1S/C50H51IN3O/c1-8-9-30-51-39-28-26-35(27-29-39)34-22-24-36(25-23-34)41-19-15-21-45-46(41)53-48(54(45)40-16-11-10-12-17-40)42-18-13-14-20-44(42)52-33-37-31-38(49(2,3)4)32-43(47(37)55)50(5,6)7/h10-29,31-33,55H,8-9,30H2,1-7H3/q-1. The zero-order chi connectivity index (χ0) is 38.7. The van der Waals surface area contributed by atoms with E-state index >= 15 is 0 Å². The number of halogens is 1. The summed E-state index contributed by atoms with van der Waals surface area (Å²) in [6, 6.07) is 47.3. The van der Waals surface area contributed by atoms with Gasteiger partial charge in [0.05, 0.1) is 5.69 Å². The van der Waals surface area contributed by atoms with Gasteiger partial charge < -0.3 is 5.11 Å². The molecule has 7 rings (SSSR count). The predicted octanol–water partition coefficient (Wildman–Crippen LogP) is 10.1. The third kappa shape index (κ3) is 8.33. The van der Waals surface area contributed by atoms with Crippen LogP contribution in [0.25, 0.3) is 50.4 Å². The molecule has 0 fully saturated rings. The normalized spacial score (nSPS) is 12.3. The molecule has 280 valence electrons. The molecule has 4 nitrogen and oxygen atoms in total. The van der Waals surface area contributed by atoms with E-state index in [2.05, 4.69) is 162 Å². The van der Waals surface area contributed by atoms with Gasteiger partial charge in [-0.1, -0.05) is 77.9 Å². The Morgan fingerprint density at radius 2 is 1.33 bits per heavy atom. The van der Waals surface area contributed by atoms with Crippen LogP contribution in [0.1, 0.15) is 78.0 Å². The number of alkyl halides is 1. The van der Waals surface area contributed by atoms with E-state index in [0.717, 1.165) is 56.0 Å². The number of aromatic hydroxyl groups is 1. The topological polar surface area (TPSA) is 50.4 Å². The van der Waals surface area contributed by atoms with Crippen LogP contribution in [0.15, 0.2) is 138 Å².